The molecule has 0 saturated heterocycles. The Balaban J connectivity index is 2.16. The van der Waals surface area contributed by atoms with Gasteiger partial charge >= 0.3 is 0 Å². The maximum absolute atomic E-state index is 12.8. The second-order valence-corrected chi connectivity index (χ2v) is 7.13. The molecule has 2 unspecified atom stereocenters. The average Bonchev–Trinajstić information content (AvgIpc) is 3.22. The van der Waals surface area contributed by atoms with Crippen molar-refractivity contribution in [1.82, 2.24) is 9.80 Å². The summed E-state index contributed by atoms with van der Waals surface area (Å²) < 4.78 is 0. The predicted molar refractivity (Wildman–Crippen MR) is 82.4 cm³/mol. The van der Waals surface area contributed by atoms with Crippen molar-refractivity contribution in [1.29, 1.82) is 0 Å². The van der Waals surface area contributed by atoms with Crippen LogP contribution in [0.1, 0.15) is 52.4 Å². The molecule has 3 atom stereocenters. The third kappa shape index (κ3) is 3.34. The first-order chi connectivity index (χ1) is 9.43. The Morgan fingerprint density at radius 2 is 1.60 bits per heavy atom. The van der Waals surface area contributed by atoms with E-state index in [1.165, 1.54) is 19.3 Å². The molecule has 4 heteroatoms. The molecule has 2 aliphatic rings. The van der Waals surface area contributed by atoms with Crippen LogP contribution >= 0.6 is 0 Å². The lowest BCUT2D eigenvalue weighted by atomic mass is 9.87. The van der Waals surface area contributed by atoms with Crippen LogP contribution in [0.15, 0.2) is 0 Å². The van der Waals surface area contributed by atoms with E-state index in [0.717, 1.165) is 19.3 Å². The maximum atomic E-state index is 12.8. The molecule has 0 radical (unpaired) electrons. The van der Waals surface area contributed by atoms with Crippen molar-refractivity contribution < 1.29 is 4.79 Å². The summed E-state index contributed by atoms with van der Waals surface area (Å²) in [5, 5.41) is 0. The zero-order chi connectivity index (χ0) is 14.9. The Morgan fingerprint density at radius 3 is 2.05 bits per heavy atom. The van der Waals surface area contributed by atoms with Crippen LogP contribution < -0.4 is 5.73 Å². The summed E-state index contributed by atoms with van der Waals surface area (Å²) in [5.74, 6) is 0.395. The number of carbonyl (C=O) groups is 1. The number of nitrogens with two attached hydrogens (primary N) is 1. The number of hydrogen-bond donors (Lipinski definition) is 1. The predicted octanol–water partition coefficient (Wildman–Crippen LogP) is 1.83. The number of amides is 1. The Hall–Kier alpha value is -0.610. The maximum Gasteiger partial charge on any atom is 0.240 e. The van der Waals surface area contributed by atoms with E-state index < -0.39 is 0 Å². The van der Waals surface area contributed by atoms with E-state index in [-0.39, 0.29) is 17.9 Å². The second kappa shape index (κ2) is 6.44. The number of nitrogens with zero attached hydrogens (tertiary/aromatic N) is 2. The molecule has 0 aliphatic heterocycles. The van der Waals surface area contributed by atoms with Crippen LogP contribution in [0.3, 0.4) is 0 Å². The fourth-order valence-electron chi connectivity index (χ4n) is 3.44. The van der Waals surface area contributed by atoms with Gasteiger partial charge < -0.3 is 15.5 Å². The fourth-order valence-corrected chi connectivity index (χ4v) is 3.44. The van der Waals surface area contributed by atoms with Crippen molar-refractivity contribution in [3.63, 3.8) is 0 Å². The molecule has 2 fully saturated rings. The van der Waals surface area contributed by atoms with Gasteiger partial charge in [0.25, 0.3) is 0 Å². The van der Waals surface area contributed by atoms with Gasteiger partial charge in [-0.2, -0.15) is 0 Å². The molecule has 1 amide bonds. The third-order valence-corrected chi connectivity index (χ3v) is 4.91. The van der Waals surface area contributed by atoms with E-state index in [4.69, 9.17) is 5.73 Å². The minimum absolute atomic E-state index is 0.182. The van der Waals surface area contributed by atoms with E-state index in [0.29, 0.717) is 18.1 Å². The highest BCUT2D eigenvalue weighted by Gasteiger charge is 2.43. The van der Waals surface area contributed by atoms with Gasteiger partial charge in [-0.15, -0.1) is 0 Å². The van der Waals surface area contributed by atoms with Gasteiger partial charge in [0.05, 0.1) is 6.04 Å². The lowest BCUT2D eigenvalue weighted by Gasteiger charge is -2.44. The molecule has 0 aromatic rings. The minimum atomic E-state index is -0.347. The van der Waals surface area contributed by atoms with E-state index >= 15 is 0 Å². The molecule has 2 N–H and O–H groups in total. The molecule has 0 bridgehead atoms. The molecule has 2 saturated carbocycles. The monoisotopic (exact) mass is 281 g/mol. The first-order valence-electron chi connectivity index (χ1n) is 8.17. The summed E-state index contributed by atoms with van der Waals surface area (Å²) in [6.07, 6.45) is 7.17. The van der Waals surface area contributed by atoms with Crippen LogP contribution in [0.4, 0.5) is 0 Å². The van der Waals surface area contributed by atoms with Crippen molar-refractivity contribution >= 4 is 5.91 Å². The van der Waals surface area contributed by atoms with Crippen LogP contribution in [-0.2, 0) is 4.79 Å². The molecule has 0 heterocycles. The summed E-state index contributed by atoms with van der Waals surface area (Å²) in [5.41, 5.74) is 6.15. The smallest absolute Gasteiger partial charge is 0.240 e. The summed E-state index contributed by atoms with van der Waals surface area (Å²) in [6, 6.07) is 0.967. The standard InChI is InChI=1S/C16H31N3O/c1-11(2)15(17)16(20)19(12-9-10-12)14-8-6-5-7-13(14)18(3)4/h11-15H,5-10,17H2,1-4H3/t13?,14?,15-/m0/s1. The zero-order valence-electron chi connectivity index (χ0n) is 13.5. The van der Waals surface area contributed by atoms with Crippen LogP contribution in [0.2, 0.25) is 0 Å². The summed E-state index contributed by atoms with van der Waals surface area (Å²) in [7, 11) is 4.28. The molecule has 0 aromatic heterocycles. The topological polar surface area (TPSA) is 49.6 Å². The molecule has 0 aromatic carbocycles. The number of hydrogen-bond acceptors (Lipinski definition) is 3. The van der Waals surface area contributed by atoms with Gasteiger partial charge in [-0.25, -0.2) is 0 Å². The van der Waals surface area contributed by atoms with Gasteiger partial charge in [0.1, 0.15) is 0 Å². The summed E-state index contributed by atoms with van der Waals surface area (Å²) >= 11 is 0. The second-order valence-electron chi connectivity index (χ2n) is 7.13. The van der Waals surface area contributed by atoms with Crippen LogP contribution in [-0.4, -0.2) is 54.0 Å². The molecule has 116 valence electrons. The van der Waals surface area contributed by atoms with Crippen molar-refractivity contribution in [2.24, 2.45) is 11.7 Å². The lowest BCUT2D eigenvalue weighted by Crippen LogP contribution is -2.58. The Kier molecular flexibility index (Phi) is 5.08. The van der Waals surface area contributed by atoms with Crippen molar-refractivity contribution in [2.45, 2.75) is 76.5 Å². The fraction of sp³-hybridized carbons (Fsp3) is 0.938. The van der Waals surface area contributed by atoms with Crippen molar-refractivity contribution in [2.75, 3.05) is 14.1 Å². The first-order valence-corrected chi connectivity index (χ1v) is 8.17. The van der Waals surface area contributed by atoms with E-state index in [9.17, 15) is 4.79 Å². The first kappa shape index (κ1) is 15.8. The third-order valence-electron chi connectivity index (χ3n) is 4.91. The molecule has 2 aliphatic carbocycles. The molecular formula is C16H31N3O. The van der Waals surface area contributed by atoms with Crippen LogP contribution in [0, 0.1) is 5.92 Å². The Bertz CT molecular complexity index is 339. The number of carbonyl (C=O) groups excluding carboxylic acids is 1. The van der Waals surface area contributed by atoms with E-state index in [2.05, 4.69) is 23.9 Å². The minimum Gasteiger partial charge on any atom is -0.334 e. The largest absolute Gasteiger partial charge is 0.334 e. The van der Waals surface area contributed by atoms with Gasteiger partial charge in [-0.05, 0) is 45.7 Å². The van der Waals surface area contributed by atoms with Crippen LogP contribution in [0.5, 0.6) is 0 Å². The number of rotatable bonds is 5. The average molecular weight is 281 g/mol. The SMILES string of the molecule is CC(C)[C@H](N)C(=O)N(C1CC1)C1CCCCC1N(C)C. The quantitative estimate of drug-likeness (QED) is 0.836. The van der Waals surface area contributed by atoms with Gasteiger partial charge in [0.15, 0.2) is 0 Å². The van der Waals surface area contributed by atoms with Gasteiger partial charge in [0.2, 0.25) is 5.91 Å². The highest BCUT2D eigenvalue weighted by atomic mass is 16.2. The molecule has 4 nitrogen and oxygen atoms in total. The van der Waals surface area contributed by atoms with Gasteiger partial charge in [0, 0.05) is 18.1 Å². The highest BCUT2D eigenvalue weighted by molar-refractivity contribution is 5.83. The Morgan fingerprint density at radius 1 is 1.05 bits per heavy atom. The molecule has 20 heavy (non-hydrogen) atoms. The normalized spacial score (nSPS) is 28.8. The lowest BCUT2D eigenvalue weighted by molar-refractivity contribution is -0.139. The summed E-state index contributed by atoms with van der Waals surface area (Å²) in [6.45, 7) is 4.08. The summed E-state index contributed by atoms with van der Waals surface area (Å²) in [4.78, 5) is 17.3. The molecule has 2 rings (SSSR count). The molecule has 0 spiro atoms. The zero-order valence-corrected chi connectivity index (χ0v) is 13.5. The van der Waals surface area contributed by atoms with E-state index in [1.807, 2.05) is 13.8 Å². The van der Waals surface area contributed by atoms with Crippen LogP contribution in [0.25, 0.3) is 0 Å². The van der Waals surface area contributed by atoms with Gasteiger partial charge in [-0.1, -0.05) is 26.7 Å². The number of likely N-dealkylation sites (N-methyl/N-ethyl adjacent to an activating group) is 1. The Labute approximate surface area is 123 Å². The molecular weight excluding hydrogens is 250 g/mol. The highest BCUT2D eigenvalue weighted by Crippen LogP contribution is 2.35. The van der Waals surface area contributed by atoms with Crippen molar-refractivity contribution in [3.8, 4) is 0 Å². The van der Waals surface area contributed by atoms with E-state index in [1.54, 1.807) is 0 Å². The van der Waals surface area contributed by atoms with Gasteiger partial charge in [-0.3, -0.25) is 4.79 Å². The van der Waals surface area contributed by atoms with Crippen molar-refractivity contribution in [3.05, 3.63) is 0 Å².